The fourth-order valence-electron chi connectivity index (χ4n) is 3.68. The molecule has 0 fully saturated rings. The van der Waals surface area contributed by atoms with Crippen molar-refractivity contribution < 1.29 is 4.42 Å². The number of thiophene rings is 1. The number of fused-ring (bicyclic) bond motifs is 3. The van der Waals surface area contributed by atoms with Gasteiger partial charge in [0.25, 0.3) is 5.56 Å². The second-order valence-corrected chi connectivity index (χ2v) is 8.75. The molecule has 4 heterocycles. The summed E-state index contributed by atoms with van der Waals surface area (Å²) in [5.74, 6) is 2.60. The number of nitrogens with zero attached hydrogens (tertiary/aromatic N) is 4. The van der Waals surface area contributed by atoms with Crippen molar-refractivity contribution in [3.05, 3.63) is 45.0 Å². The second kappa shape index (κ2) is 7.21. The maximum Gasteiger partial charge on any atom is 0.259 e. The van der Waals surface area contributed by atoms with Crippen molar-refractivity contribution in [2.75, 3.05) is 0 Å². The van der Waals surface area contributed by atoms with Crippen molar-refractivity contribution in [3.63, 3.8) is 0 Å². The number of aromatic nitrogens is 5. The van der Waals surface area contributed by atoms with Crippen molar-refractivity contribution in [1.29, 1.82) is 0 Å². The lowest BCUT2D eigenvalue weighted by molar-refractivity contribution is 0.567. The van der Waals surface area contributed by atoms with Gasteiger partial charge in [0.05, 0.1) is 17.4 Å². The molecule has 0 spiro atoms. The van der Waals surface area contributed by atoms with Gasteiger partial charge in [0.1, 0.15) is 10.7 Å². The number of H-pyrrole nitrogens is 1. The van der Waals surface area contributed by atoms with Gasteiger partial charge in [-0.25, -0.2) is 4.98 Å². The van der Waals surface area contributed by atoms with E-state index in [0.717, 1.165) is 41.2 Å². The molecule has 7 nitrogen and oxygen atoms in total. The first-order chi connectivity index (χ1) is 13.7. The van der Waals surface area contributed by atoms with E-state index in [-0.39, 0.29) is 5.56 Å². The zero-order chi connectivity index (χ0) is 19.1. The fraction of sp³-hybridized carbons (Fsp3) is 0.368. The zero-order valence-corrected chi connectivity index (χ0v) is 17.0. The Hall–Kier alpha value is -2.39. The Morgan fingerprint density at radius 3 is 3.04 bits per heavy atom. The average Bonchev–Trinajstić information content (AvgIpc) is 3.43. The molecule has 0 bridgehead atoms. The highest BCUT2D eigenvalue weighted by molar-refractivity contribution is 7.98. The summed E-state index contributed by atoms with van der Waals surface area (Å²) in [5, 5.41) is 10.1. The first kappa shape index (κ1) is 17.7. The standard InChI is InChI=1S/C19H19N5O2S2/c1-2-24-16(12-7-5-9-26-12)22-23-19(24)27-10-14-20-17(25)15-11-6-3-4-8-13(11)28-18(15)21-14/h5,7,9H,2-4,6,8,10H2,1H3,(H,20,21,25). The smallest absolute Gasteiger partial charge is 0.259 e. The molecular weight excluding hydrogens is 394 g/mol. The van der Waals surface area contributed by atoms with Crippen molar-refractivity contribution in [3.8, 4) is 11.6 Å². The van der Waals surface area contributed by atoms with Crippen LogP contribution in [0.25, 0.3) is 21.8 Å². The fourth-order valence-corrected chi connectivity index (χ4v) is 5.83. The van der Waals surface area contributed by atoms with Crippen molar-refractivity contribution in [2.24, 2.45) is 0 Å². The summed E-state index contributed by atoms with van der Waals surface area (Å²) in [6, 6.07) is 3.71. The Morgan fingerprint density at radius 1 is 1.32 bits per heavy atom. The summed E-state index contributed by atoms with van der Waals surface area (Å²) in [4.78, 5) is 22.6. The maximum absolute atomic E-state index is 12.7. The SMILES string of the molecule is CCn1c(SCc2nc3sc4c(c3c(=O)[nH]2)CCCC4)nnc1-c1ccco1. The predicted molar refractivity (Wildman–Crippen MR) is 110 cm³/mol. The van der Waals surface area contributed by atoms with Gasteiger partial charge in [0.15, 0.2) is 16.7 Å². The molecule has 0 saturated carbocycles. The maximum atomic E-state index is 12.7. The minimum atomic E-state index is -0.0202. The number of thioether (sulfide) groups is 1. The quantitative estimate of drug-likeness (QED) is 0.497. The van der Waals surface area contributed by atoms with E-state index in [1.54, 1.807) is 17.6 Å². The van der Waals surface area contributed by atoms with E-state index in [2.05, 4.69) is 15.2 Å². The molecule has 4 aromatic rings. The summed E-state index contributed by atoms with van der Waals surface area (Å²) in [6.07, 6.45) is 6.03. The molecule has 28 heavy (non-hydrogen) atoms. The first-order valence-corrected chi connectivity index (χ1v) is 11.2. The molecule has 0 aliphatic heterocycles. The highest BCUT2D eigenvalue weighted by atomic mass is 32.2. The Morgan fingerprint density at radius 2 is 2.21 bits per heavy atom. The van der Waals surface area contributed by atoms with Crippen LogP contribution in [0.1, 0.15) is 36.0 Å². The van der Waals surface area contributed by atoms with E-state index >= 15 is 0 Å². The van der Waals surface area contributed by atoms with E-state index in [4.69, 9.17) is 9.40 Å². The largest absolute Gasteiger partial charge is 0.461 e. The number of aromatic amines is 1. The highest BCUT2D eigenvalue weighted by Crippen LogP contribution is 2.34. The number of furan rings is 1. The highest BCUT2D eigenvalue weighted by Gasteiger charge is 2.20. The molecule has 1 aliphatic carbocycles. The van der Waals surface area contributed by atoms with Gasteiger partial charge in [-0.3, -0.25) is 9.36 Å². The van der Waals surface area contributed by atoms with Crippen LogP contribution in [0, 0.1) is 0 Å². The van der Waals surface area contributed by atoms with Gasteiger partial charge >= 0.3 is 0 Å². The van der Waals surface area contributed by atoms with Crippen molar-refractivity contribution in [2.45, 2.75) is 50.1 Å². The van der Waals surface area contributed by atoms with Gasteiger partial charge in [-0.2, -0.15) is 0 Å². The normalized spacial score (nSPS) is 13.9. The van der Waals surface area contributed by atoms with Crippen molar-refractivity contribution in [1.82, 2.24) is 24.7 Å². The molecule has 0 unspecified atom stereocenters. The van der Waals surface area contributed by atoms with Crippen LogP contribution >= 0.6 is 23.1 Å². The first-order valence-electron chi connectivity index (χ1n) is 9.38. The van der Waals surface area contributed by atoms with Gasteiger partial charge < -0.3 is 9.40 Å². The third-order valence-electron chi connectivity index (χ3n) is 4.99. The third-order valence-corrected chi connectivity index (χ3v) is 7.15. The van der Waals surface area contributed by atoms with Gasteiger partial charge in [0, 0.05) is 11.4 Å². The molecule has 0 aromatic carbocycles. The van der Waals surface area contributed by atoms with E-state index in [9.17, 15) is 4.79 Å². The molecular formula is C19H19N5O2S2. The molecule has 5 rings (SSSR count). The molecule has 4 aromatic heterocycles. The molecule has 0 radical (unpaired) electrons. The molecule has 144 valence electrons. The molecule has 9 heteroatoms. The van der Waals surface area contributed by atoms with Gasteiger partial charge in [-0.05, 0) is 50.3 Å². The lowest BCUT2D eigenvalue weighted by Gasteiger charge is -2.09. The molecule has 0 saturated heterocycles. The van der Waals surface area contributed by atoms with Gasteiger partial charge in [-0.15, -0.1) is 21.5 Å². The van der Waals surface area contributed by atoms with Crippen LogP contribution in [0.3, 0.4) is 0 Å². The van der Waals surface area contributed by atoms with Crippen LogP contribution < -0.4 is 5.56 Å². The minimum Gasteiger partial charge on any atom is -0.461 e. The lowest BCUT2D eigenvalue weighted by atomic mass is 9.97. The molecule has 1 aliphatic rings. The summed E-state index contributed by atoms with van der Waals surface area (Å²) in [5.41, 5.74) is 1.20. The molecule has 0 atom stereocenters. The molecule has 1 N–H and O–H groups in total. The summed E-state index contributed by atoms with van der Waals surface area (Å²) < 4.78 is 7.45. The van der Waals surface area contributed by atoms with E-state index in [0.29, 0.717) is 23.2 Å². The summed E-state index contributed by atoms with van der Waals surface area (Å²) in [7, 11) is 0. The monoisotopic (exact) mass is 413 g/mol. The number of hydrogen-bond acceptors (Lipinski definition) is 7. The van der Waals surface area contributed by atoms with Crippen molar-refractivity contribution >= 4 is 33.3 Å². The van der Waals surface area contributed by atoms with E-state index < -0.39 is 0 Å². The van der Waals surface area contributed by atoms with Crippen LogP contribution in [-0.4, -0.2) is 24.7 Å². The Labute approximate surface area is 169 Å². The van der Waals surface area contributed by atoms with Crippen LogP contribution in [-0.2, 0) is 25.1 Å². The second-order valence-electron chi connectivity index (χ2n) is 6.72. The molecule has 0 amide bonds. The third kappa shape index (κ3) is 2.98. The zero-order valence-electron chi connectivity index (χ0n) is 15.4. The lowest BCUT2D eigenvalue weighted by Crippen LogP contribution is -2.12. The predicted octanol–water partition coefficient (Wildman–Crippen LogP) is 4.03. The Bertz CT molecular complexity index is 1190. The minimum absolute atomic E-state index is 0.0202. The topological polar surface area (TPSA) is 89.6 Å². The summed E-state index contributed by atoms with van der Waals surface area (Å²) >= 11 is 3.19. The van der Waals surface area contributed by atoms with Crippen LogP contribution in [0.5, 0.6) is 0 Å². The average molecular weight is 414 g/mol. The van der Waals surface area contributed by atoms with Crippen LogP contribution in [0.2, 0.25) is 0 Å². The summed E-state index contributed by atoms with van der Waals surface area (Å²) in [6.45, 7) is 2.77. The number of rotatable bonds is 5. The van der Waals surface area contributed by atoms with Crippen LogP contribution in [0.4, 0.5) is 0 Å². The number of nitrogens with one attached hydrogen (secondary N) is 1. The number of aryl methyl sites for hydroxylation is 2. The van der Waals surface area contributed by atoms with Crippen LogP contribution in [0.15, 0.2) is 32.8 Å². The van der Waals surface area contributed by atoms with Gasteiger partial charge in [0.2, 0.25) is 0 Å². The Balaban J connectivity index is 1.43. The number of hydrogen-bond donors (Lipinski definition) is 1. The van der Waals surface area contributed by atoms with E-state index in [1.807, 2.05) is 23.6 Å². The van der Waals surface area contributed by atoms with Gasteiger partial charge in [-0.1, -0.05) is 11.8 Å². The Kier molecular flexibility index (Phi) is 4.56. The van der Waals surface area contributed by atoms with E-state index in [1.165, 1.54) is 28.6 Å².